The summed E-state index contributed by atoms with van der Waals surface area (Å²) in [5.41, 5.74) is 2.14. The summed E-state index contributed by atoms with van der Waals surface area (Å²) in [4.78, 5) is 38.8. The molecule has 0 radical (unpaired) electrons. The van der Waals surface area contributed by atoms with E-state index in [1.807, 2.05) is 24.3 Å². The highest BCUT2D eigenvalue weighted by atomic mass is 16.6. The molecule has 2 atom stereocenters. The van der Waals surface area contributed by atoms with Gasteiger partial charge in [-0.15, -0.1) is 0 Å². The summed E-state index contributed by atoms with van der Waals surface area (Å²) in [6, 6.07) is 14.0. The number of benzene rings is 2. The number of carbonyl (C=O) groups excluding carboxylic acids is 3. The Bertz CT molecular complexity index is 940. The molecule has 2 heterocycles. The van der Waals surface area contributed by atoms with Gasteiger partial charge < -0.3 is 14.8 Å². The van der Waals surface area contributed by atoms with Crippen LogP contribution in [0.1, 0.15) is 40.6 Å². The first-order valence-electron chi connectivity index (χ1n) is 9.60. The number of hydrogen-bond donors (Lipinski definition) is 1. The highest BCUT2D eigenvalue weighted by molar-refractivity contribution is 5.96. The zero-order valence-corrected chi connectivity index (χ0v) is 16.1. The van der Waals surface area contributed by atoms with Gasteiger partial charge in [0.05, 0.1) is 12.7 Å². The number of carbonyl (C=O) groups is 3. The van der Waals surface area contributed by atoms with Gasteiger partial charge in [-0.2, -0.15) is 0 Å². The average Bonchev–Trinajstić information content (AvgIpc) is 3.28. The number of hydrogen-bond acceptors (Lipinski definition) is 5. The summed E-state index contributed by atoms with van der Waals surface area (Å²) in [5.74, 6) is -0.104. The summed E-state index contributed by atoms with van der Waals surface area (Å²) in [6.07, 6.45) is 0.486. The molecule has 7 heteroatoms. The second-order valence-electron chi connectivity index (χ2n) is 7.09. The van der Waals surface area contributed by atoms with Gasteiger partial charge >= 0.3 is 5.97 Å². The van der Waals surface area contributed by atoms with Crippen molar-refractivity contribution in [3.8, 4) is 5.75 Å². The van der Waals surface area contributed by atoms with E-state index in [1.165, 1.54) is 4.90 Å². The van der Waals surface area contributed by atoms with Gasteiger partial charge in [0, 0.05) is 18.5 Å². The number of amides is 2. The molecule has 2 aliphatic rings. The van der Waals surface area contributed by atoms with Crippen LogP contribution in [0.2, 0.25) is 0 Å². The molecule has 7 nitrogen and oxygen atoms in total. The minimum absolute atomic E-state index is 0.185. The summed E-state index contributed by atoms with van der Waals surface area (Å²) in [5, 5.41) is 2.91. The van der Waals surface area contributed by atoms with Crippen molar-refractivity contribution in [1.82, 2.24) is 10.2 Å². The Morgan fingerprint density at radius 1 is 1.17 bits per heavy atom. The molecule has 1 fully saturated rings. The highest BCUT2D eigenvalue weighted by Gasteiger charge is 2.46. The maximum atomic E-state index is 12.8. The van der Waals surface area contributed by atoms with Crippen LogP contribution in [-0.2, 0) is 20.7 Å². The third-order valence-electron chi connectivity index (χ3n) is 5.35. The monoisotopic (exact) mass is 394 g/mol. The van der Waals surface area contributed by atoms with Crippen molar-refractivity contribution in [3.05, 3.63) is 65.2 Å². The third-order valence-corrected chi connectivity index (χ3v) is 5.35. The predicted octanol–water partition coefficient (Wildman–Crippen LogP) is 2.21. The maximum absolute atomic E-state index is 12.8. The Kier molecular flexibility index (Phi) is 5.20. The van der Waals surface area contributed by atoms with E-state index in [-0.39, 0.29) is 18.2 Å². The molecule has 4 rings (SSSR count). The molecule has 2 amide bonds. The molecule has 1 saturated heterocycles. The summed E-state index contributed by atoms with van der Waals surface area (Å²) < 4.78 is 10.6. The third kappa shape index (κ3) is 3.68. The van der Waals surface area contributed by atoms with Crippen LogP contribution in [0.5, 0.6) is 5.75 Å². The van der Waals surface area contributed by atoms with Crippen LogP contribution in [-0.4, -0.2) is 42.4 Å². The zero-order chi connectivity index (χ0) is 20.4. The molecule has 29 heavy (non-hydrogen) atoms. The van der Waals surface area contributed by atoms with Gasteiger partial charge in [-0.05, 0) is 36.6 Å². The van der Waals surface area contributed by atoms with E-state index in [4.69, 9.17) is 9.47 Å². The van der Waals surface area contributed by atoms with Gasteiger partial charge in [0.2, 0.25) is 18.0 Å². The van der Waals surface area contributed by atoms with E-state index in [1.54, 1.807) is 31.4 Å². The van der Waals surface area contributed by atoms with Crippen LogP contribution < -0.4 is 10.1 Å². The van der Waals surface area contributed by atoms with E-state index >= 15 is 0 Å². The van der Waals surface area contributed by atoms with Crippen molar-refractivity contribution >= 4 is 17.8 Å². The van der Waals surface area contributed by atoms with Crippen LogP contribution in [0.25, 0.3) is 0 Å². The lowest BCUT2D eigenvalue weighted by atomic mass is 10.1. The van der Waals surface area contributed by atoms with Crippen molar-refractivity contribution < 1.29 is 23.9 Å². The predicted molar refractivity (Wildman–Crippen MR) is 104 cm³/mol. The Hall–Kier alpha value is -3.35. The molecule has 1 N–H and O–H groups in total. The van der Waals surface area contributed by atoms with Gasteiger partial charge in [-0.25, -0.2) is 4.79 Å². The Labute approximate surface area is 168 Å². The number of rotatable bonds is 6. The van der Waals surface area contributed by atoms with Gasteiger partial charge in [0.1, 0.15) is 11.8 Å². The maximum Gasteiger partial charge on any atom is 0.340 e. The number of fused-ring (bicyclic) bond motifs is 1. The van der Waals surface area contributed by atoms with E-state index in [9.17, 15) is 14.4 Å². The van der Waals surface area contributed by atoms with E-state index in [0.717, 1.165) is 11.3 Å². The molecule has 2 aromatic carbocycles. The lowest BCUT2D eigenvalue weighted by Crippen LogP contribution is -2.46. The second kappa shape index (κ2) is 7.95. The molecule has 0 saturated carbocycles. The van der Waals surface area contributed by atoms with Crippen LogP contribution in [0.4, 0.5) is 0 Å². The molecule has 0 bridgehead atoms. The minimum Gasteiger partial charge on any atom is -0.497 e. The summed E-state index contributed by atoms with van der Waals surface area (Å²) >= 11 is 0. The minimum atomic E-state index is -0.842. The zero-order valence-electron chi connectivity index (χ0n) is 16.1. The first kappa shape index (κ1) is 19.0. The first-order valence-corrected chi connectivity index (χ1v) is 9.60. The average molecular weight is 394 g/mol. The number of likely N-dealkylation sites (tertiary alicyclic amines) is 1. The van der Waals surface area contributed by atoms with Gasteiger partial charge in [-0.1, -0.05) is 30.3 Å². The van der Waals surface area contributed by atoms with Gasteiger partial charge in [-0.3, -0.25) is 14.5 Å². The lowest BCUT2D eigenvalue weighted by Gasteiger charge is -2.29. The molecule has 0 aliphatic carbocycles. The van der Waals surface area contributed by atoms with Crippen molar-refractivity contribution in [2.24, 2.45) is 0 Å². The Morgan fingerprint density at radius 3 is 2.69 bits per heavy atom. The molecule has 0 unspecified atom stereocenters. The number of esters is 1. The lowest BCUT2D eigenvalue weighted by molar-refractivity contribution is -0.145. The quantitative estimate of drug-likeness (QED) is 0.760. The normalized spacial score (nSPS) is 20.4. The molecule has 0 aromatic heterocycles. The fourth-order valence-electron chi connectivity index (χ4n) is 3.83. The molecular weight excluding hydrogens is 372 g/mol. The van der Waals surface area contributed by atoms with Crippen LogP contribution in [0, 0.1) is 0 Å². The molecule has 150 valence electrons. The smallest absolute Gasteiger partial charge is 0.340 e. The molecule has 2 aromatic rings. The molecule has 2 aliphatic heterocycles. The highest BCUT2D eigenvalue weighted by Crippen LogP contribution is 2.38. The summed E-state index contributed by atoms with van der Waals surface area (Å²) in [7, 11) is 1.61. The topological polar surface area (TPSA) is 84.9 Å². The van der Waals surface area contributed by atoms with Crippen molar-refractivity contribution in [2.75, 3.05) is 13.7 Å². The van der Waals surface area contributed by atoms with Gasteiger partial charge in [0.25, 0.3) is 0 Å². The van der Waals surface area contributed by atoms with Crippen LogP contribution in [0.15, 0.2) is 48.5 Å². The number of cyclic esters (lactones) is 1. The first-order chi connectivity index (χ1) is 14.1. The summed E-state index contributed by atoms with van der Waals surface area (Å²) in [6.45, 7) is 0.449. The van der Waals surface area contributed by atoms with Crippen molar-refractivity contribution in [2.45, 2.75) is 31.5 Å². The number of nitrogens with zero attached hydrogens (tertiary/aromatic N) is 1. The Morgan fingerprint density at radius 2 is 1.93 bits per heavy atom. The largest absolute Gasteiger partial charge is 0.497 e. The number of methoxy groups -OCH3 is 1. The Balaban J connectivity index is 1.41. The molecule has 0 spiro atoms. The standard InChI is InChI=1S/C22H22N2O5/c1-28-15-8-6-14(7-9-15)12-13-23-20(26)18-10-11-19(25)24(18)21-16-4-2-3-5-17(16)22(27)29-21/h2-9,18,21H,10-13H2,1H3,(H,23,26)/t18-,21-/m0/s1. The fourth-order valence-corrected chi connectivity index (χ4v) is 3.83. The SMILES string of the molecule is COc1ccc(CCNC(=O)[C@@H]2CCC(=O)N2[C@H]2OC(=O)c3ccccc32)cc1. The van der Waals surface area contributed by atoms with E-state index in [2.05, 4.69) is 5.32 Å². The fraction of sp³-hybridized carbons (Fsp3) is 0.318. The van der Waals surface area contributed by atoms with E-state index < -0.39 is 18.2 Å². The van der Waals surface area contributed by atoms with Crippen LogP contribution >= 0.6 is 0 Å². The van der Waals surface area contributed by atoms with Gasteiger partial charge in [0.15, 0.2) is 0 Å². The van der Waals surface area contributed by atoms with Crippen molar-refractivity contribution in [1.29, 1.82) is 0 Å². The molecular formula is C22H22N2O5. The number of ether oxygens (including phenoxy) is 2. The van der Waals surface area contributed by atoms with Crippen LogP contribution in [0.3, 0.4) is 0 Å². The second-order valence-corrected chi connectivity index (χ2v) is 7.09. The van der Waals surface area contributed by atoms with Crippen molar-refractivity contribution in [3.63, 3.8) is 0 Å². The number of nitrogens with one attached hydrogen (secondary N) is 1. The van der Waals surface area contributed by atoms with E-state index in [0.29, 0.717) is 30.5 Å².